The van der Waals surface area contributed by atoms with Crippen LogP contribution >= 0.6 is 0 Å². The molecule has 0 aromatic rings. The van der Waals surface area contributed by atoms with Crippen molar-refractivity contribution in [1.82, 2.24) is 0 Å². The van der Waals surface area contributed by atoms with Gasteiger partial charge in [-0.2, -0.15) is 0 Å². The number of ketones is 1. The van der Waals surface area contributed by atoms with Gasteiger partial charge in [0, 0.05) is 0 Å². The van der Waals surface area contributed by atoms with Gasteiger partial charge in [-0.05, 0) is 18.4 Å². The maximum Gasteiger partial charge on any atom is 0.165 e. The lowest BCUT2D eigenvalue weighted by molar-refractivity contribution is -0.120. The summed E-state index contributed by atoms with van der Waals surface area (Å²) in [5.74, 6) is -0.130. The molecule has 0 bridgehead atoms. The van der Waals surface area contributed by atoms with E-state index in [9.17, 15) is 9.90 Å². The molecule has 0 aliphatic heterocycles. The highest BCUT2D eigenvalue weighted by Gasteiger charge is 2.27. The Labute approximate surface area is 85.3 Å². The molecule has 0 amide bonds. The first-order valence-electron chi connectivity index (χ1n) is 5.23. The number of aliphatic hydroxyl groups is 1. The number of rotatable bonds is 4. The molecule has 1 rings (SSSR count). The third kappa shape index (κ3) is 2.55. The average Bonchev–Trinajstić information content (AvgIpc) is 2.18. The molecule has 1 N–H and O–H groups in total. The number of hydrogen-bond donors (Lipinski definition) is 1. The lowest BCUT2D eigenvalue weighted by atomic mass is 9.85. The smallest absolute Gasteiger partial charge is 0.165 e. The summed E-state index contributed by atoms with van der Waals surface area (Å²) in [6.45, 7) is 4.08. The third-order valence-corrected chi connectivity index (χ3v) is 2.71. The molecule has 0 radical (unpaired) electrons. The second kappa shape index (κ2) is 5.11. The minimum Gasteiger partial charge on any atom is -0.392 e. The van der Waals surface area contributed by atoms with Gasteiger partial charge < -0.3 is 5.11 Å². The van der Waals surface area contributed by atoms with Crippen LogP contribution in [0, 0.1) is 11.8 Å². The minimum atomic E-state index is -0.538. The number of carbonyl (C=O) groups is 1. The first kappa shape index (κ1) is 11.2. The van der Waals surface area contributed by atoms with Crippen LogP contribution in [0.1, 0.15) is 26.7 Å². The second-order valence-electron chi connectivity index (χ2n) is 3.93. The zero-order chi connectivity index (χ0) is 10.6. The van der Waals surface area contributed by atoms with E-state index < -0.39 is 6.10 Å². The van der Waals surface area contributed by atoms with Gasteiger partial charge in [0.15, 0.2) is 5.78 Å². The van der Waals surface area contributed by atoms with Crippen LogP contribution in [0.5, 0.6) is 0 Å². The van der Waals surface area contributed by atoms with E-state index in [1.807, 2.05) is 13.0 Å². The molecule has 3 atom stereocenters. The van der Waals surface area contributed by atoms with Gasteiger partial charge in [-0.15, -0.1) is 0 Å². The standard InChI is InChI=1S/C12H18O2/c1-3-6-9(2)12(14)10-7-4-5-8-11(10)13/h4-5,7-10,12,14H,3,6H2,1-2H3. The van der Waals surface area contributed by atoms with Gasteiger partial charge in [-0.3, -0.25) is 4.79 Å². The van der Waals surface area contributed by atoms with Crippen LogP contribution in [0.4, 0.5) is 0 Å². The van der Waals surface area contributed by atoms with Gasteiger partial charge in [-0.1, -0.05) is 38.5 Å². The summed E-state index contributed by atoms with van der Waals surface area (Å²) >= 11 is 0. The van der Waals surface area contributed by atoms with E-state index in [2.05, 4.69) is 6.92 Å². The van der Waals surface area contributed by atoms with E-state index in [0.717, 1.165) is 12.8 Å². The predicted molar refractivity (Wildman–Crippen MR) is 56.9 cm³/mol. The average molecular weight is 194 g/mol. The molecule has 0 fully saturated rings. The lowest BCUT2D eigenvalue weighted by Crippen LogP contribution is -2.32. The van der Waals surface area contributed by atoms with E-state index in [0.29, 0.717) is 0 Å². The summed E-state index contributed by atoms with van der Waals surface area (Å²) in [5, 5.41) is 9.94. The number of hydrogen-bond acceptors (Lipinski definition) is 2. The van der Waals surface area contributed by atoms with Gasteiger partial charge in [0.05, 0.1) is 12.0 Å². The van der Waals surface area contributed by atoms with Crippen molar-refractivity contribution in [1.29, 1.82) is 0 Å². The summed E-state index contributed by atoms with van der Waals surface area (Å²) in [7, 11) is 0. The maximum absolute atomic E-state index is 11.4. The van der Waals surface area contributed by atoms with E-state index in [4.69, 9.17) is 0 Å². The van der Waals surface area contributed by atoms with Gasteiger partial charge >= 0.3 is 0 Å². The van der Waals surface area contributed by atoms with Crippen molar-refractivity contribution in [3.63, 3.8) is 0 Å². The summed E-state index contributed by atoms with van der Waals surface area (Å²) in [4.78, 5) is 11.4. The largest absolute Gasteiger partial charge is 0.392 e. The zero-order valence-electron chi connectivity index (χ0n) is 8.81. The van der Waals surface area contributed by atoms with Crippen molar-refractivity contribution in [2.75, 3.05) is 0 Å². The summed E-state index contributed by atoms with van der Waals surface area (Å²) in [6.07, 6.45) is 8.33. The molecule has 0 heterocycles. The lowest BCUT2D eigenvalue weighted by Gasteiger charge is -2.24. The number of allylic oxidation sites excluding steroid dienone is 3. The zero-order valence-corrected chi connectivity index (χ0v) is 8.81. The van der Waals surface area contributed by atoms with Crippen LogP contribution < -0.4 is 0 Å². The van der Waals surface area contributed by atoms with Crippen molar-refractivity contribution in [2.45, 2.75) is 32.8 Å². The van der Waals surface area contributed by atoms with Gasteiger partial charge in [0.1, 0.15) is 0 Å². The first-order chi connectivity index (χ1) is 6.66. The molecule has 0 spiro atoms. The number of carbonyl (C=O) groups excluding carboxylic acids is 1. The van der Waals surface area contributed by atoms with Crippen LogP contribution in [0.3, 0.4) is 0 Å². The molecule has 0 aromatic carbocycles. The van der Waals surface area contributed by atoms with E-state index in [1.54, 1.807) is 12.2 Å². The fraction of sp³-hybridized carbons (Fsp3) is 0.583. The predicted octanol–water partition coefficient (Wildman–Crippen LogP) is 2.09. The Kier molecular flexibility index (Phi) is 4.08. The van der Waals surface area contributed by atoms with Crippen molar-refractivity contribution in [2.24, 2.45) is 11.8 Å². The molecule has 3 unspecified atom stereocenters. The van der Waals surface area contributed by atoms with Crippen LogP contribution in [0.15, 0.2) is 24.3 Å². The van der Waals surface area contributed by atoms with Crippen molar-refractivity contribution >= 4 is 5.78 Å². The topological polar surface area (TPSA) is 37.3 Å². The molecule has 0 saturated carbocycles. The van der Waals surface area contributed by atoms with E-state index >= 15 is 0 Å². The molecule has 14 heavy (non-hydrogen) atoms. The molecule has 0 aromatic heterocycles. The Hall–Kier alpha value is -0.890. The molecule has 0 saturated heterocycles. The number of aliphatic hydroxyl groups excluding tert-OH is 1. The van der Waals surface area contributed by atoms with Crippen LogP contribution in [-0.2, 0) is 4.79 Å². The Morgan fingerprint density at radius 3 is 2.79 bits per heavy atom. The molecule has 78 valence electrons. The Bertz CT molecular complexity index is 253. The van der Waals surface area contributed by atoms with Crippen LogP contribution in [-0.4, -0.2) is 17.0 Å². The Morgan fingerprint density at radius 2 is 2.21 bits per heavy atom. The highest BCUT2D eigenvalue weighted by molar-refractivity contribution is 5.94. The van der Waals surface area contributed by atoms with Crippen molar-refractivity contribution < 1.29 is 9.90 Å². The Balaban J connectivity index is 2.59. The second-order valence-corrected chi connectivity index (χ2v) is 3.93. The molecular weight excluding hydrogens is 176 g/mol. The van der Waals surface area contributed by atoms with Crippen molar-refractivity contribution in [3.05, 3.63) is 24.3 Å². The third-order valence-electron chi connectivity index (χ3n) is 2.71. The van der Waals surface area contributed by atoms with Crippen LogP contribution in [0.2, 0.25) is 0 Å². The molecule has 2 nitrogen and oxygen atoms in total. The molecule has 1 aliphatic carbocycles. The highest BCUT2D eigenvalue weighted by Crippen LogP contribution is 2.21. The summed E-state index contributed by atoms with van der Waals surface area (Å²) in [6, 6.07) is 0. The van der Waals surface area contributed by atoms with Gasteiger partial charge in [0.2, 0.25) is 0 Å². The fourth-order valence-corrected chi connectivity index (χ4v) is 1.80. The fourth-order valence-electron chi connectivity index (χ4n) is 1.80. The maximum atomic E-state index is 11.4. The SMILES string of the molecule is CCCC(C)C(O)C1C=CC=CC1=O. The molecular formula is C12H18O2. The van der Waals surface area contributed by atoms with Gasteiger partial charge in [-0.25, -0.2) is 0 Å². The minimum absolute atomic E-state index is 0.0166. The van der Waals surface area contributed by atoms with Crippen LogP contribution in [0.25, 0.3) is 0 Å². The van der Waals surface area contributed by atoms with E-state index in [-0.39, 0.29) is 17.6 Å². The summed E-state index contributed by atoms with van der Waals surface area (Å²) in [5.41, 5.74) is 0. The van der Waals surface area contributed by atoms with E-state index in [1.165, 1.54) is 6.08 Å². The quantitative estimate of drug-likeness (QED) is 0.744. The van der Waals surface area contributed by atoms with Crippen molar-refractivity contribution in [3.8, 4) is 0 Å². The Morgan fingerprint density at radius 1 is 1.50 bits per heavy atom. The monoisotopic (exact) mass is 194 g/mol. The normalized spacial score (nSPS) is 25.1. The molecule has 1 aliphatic rings. The first-order valence-corrected chi connectivity index (χ1v) is 5.23. The van der Waals surface area contributed by atoms with Gasteiger partial charge in [0.25, 0.3) is 0 Å². The highest BCUT2D eigenvalue weighted by atomic mass is 16.3. The summed E-state index contributed by atoms with van der Waals surface area (Å²) < 4.78 is 0. The molecule has 2 heteroatoms.